The number of halogens is 3. The largest absolute Gasteiger partial charge is 0.487 e. The summed E-state index contributed by atoms with van der Waals surface area (Å²) in [6.45, 7) is 0.336. The Balaban J connectivity index is 2.08. The van der Waals surface area contributed by atoms with Crippen LogP contribution in [-0.4, -0.2) is 6.54 Å². The minimum atomic E-state index is -4.43. The number of benzene rings is 1. The summed E-state index contributed by atoms with van der Waals surface area (Å²) in [4.78, 5) is 0.799. The standard InChI is InChI=1S/C15H12F3NOS/c16-15(17,18)13-5-1-2-6-14(13)20-9-12-8-11(10-21-12)4-3-7-19/h1-2,5-6,8,10H,7,9,19H2. The molecule has 1 aromatic carbocycles. The Morgan fingerprint density at radius 2 is 2.00 bits per heavy atom. The van der Waals surface area contributed by atoms with Gasteiger partial charge in [-0.2, -0.15) is 13.2 Å². The first kappa shape index (κ1) is 15.4. The van der Waals surface area contributed by atoms with Crippen molar-refractivity contribution in [2.45, 2.75) is 12.8 Å². The van der Waals surface area contributed by atoms with E-state index in [1.807, 2.05) is 5.38 Å². The molecule has 1 heterocycles. The van der Waals surface area contributed by atoms with E-state index < -0.39 is 11.7 Å². The van der Waals surface area contributed by atoms with Crippen molar-refractivity contribution in [2.24, 2.45) is 5.73 Å². The molecule has 2 N–H and O–H groups in total. The monoisotopic (exact) mass is 311 g/mol. The fraction of sp³-hybridized carbons (Fsp3) is 0.200. The van der Waals surface area contributed by atoms with Crippen LogP contribution in [0.4, 0.5) is 13.2 Å². The summed E-state index contributed by atoms with van der Waals surface area (Å²) in [7, 11) is 0. The van der Waals surface area contributed by atoms with E-state index in [9.17, 15) is 13.2 Å². The molecule has 0 amide bonds. The Morgan fingerprint density at radius 3 is 2.71 bits per heavy atom. The van der Waals surface area contributed by atoms with Gasteiger partial charge >= 0.3 is 6.18 Å². The van der Waals surface area contributed by atoms with Gasteiger partial charge in [-0.1, -0.05) is 24.0 Å². The number of para-hydroxylation sites is 1. The molecule has 0 bridgehead atoms. The number of rotatable bonds is 3. The van der Waals surface area contributed by atoms with Crippen LogP contribution in [0.5, 0.6) is 5.75 Å². The lowest BCUT2D eigenvalue weighted by Crippen LogP contribution is -2.08. The van der Waals surface area contributed by atoms with Gasteiger partial charge in [0.1, 0.15) is 12.4 Å². The Hall–Kier alpha value is -1.97. The maximum absolute atomic E-state index is 12.8. The molecule has 110 valence electrons. The van der Waals surface area contributed by atoms with Crippen molar-refractivity contribution in [1.82, 2.24) is 0 Å². The third-order valence-electron chi connectivity index (χ3n) is 2.55. The van der Waals surface area contributed by atoms with Gasteiger partial charge in [0.15, 0.2) is 0 Å². The molecule has 2 aromatic rings. The molecule has 0 saturated carbocycles. The van der Waals surface area contributed by atoms with Crippen LogP contribution in [0.25, 0.3) is 0 Å². The van der Waals surface area contributed by atoms with Crippen LogP contribution in [0.15, 0.2) is 35.7 Å². The molecule has 0 spiro atoms. The van der Waals surface area contributed by atoms with Gasteiger partial charge in [-0.3, -0.25) is 0 Å². The Bertz CT molecular complexity index is 667. The van der Waals surface area contributed by atoms with E-state index in [0.717, 1.165) is 16.5 Å². The summed E-state index contributed by atoms with van der Waals surface area (Å²) >= 11 is 1.38. The second kappa shape index (κ2) is 6.66. The first-order chi connectivity index (χ1) is 10.0. The Labute approximate surface area is 124 Å². The zero-order valence-electron chi connectivity index (χ0n) is 10.9. The lowest BCUT2D eigenvalue weighted by Gasteiger charge is -2.12. The Morgan fingerprint density at radius 1 is 1.24 bits per heavy atom. The summed E-state index contributed by atoms with van der Waals surface area (Å²) in [6.07, 6.45) is -4.43. The minimum Gasteiger partial charge on any atom is -0.487 e. The van der Waals surface area contributed by atoms with Crippen molar-refractivity contribution in [3.63, 3.8) is 0 Å². The summed E-state index contributed by atoms with van der Waals surface area (Å²) in [5.41, 5.74) is 5.29. The van der Waals surface area contributed by atoms with E-state index in [1.165, 1.54) is 29.5 Å². The second-order valence-electron chi connectivity index (χ2n) is 4.09. The van der Waals surface area contributed by atoms with Crippen molar-refractivity contribution in [2.75, 3.05) is 6.54 Å². The topological polar surface area (TPSA) is 35.2 Å². The quantitative estimate of drug-likeness (QED) is 0.878. The van der Waals surface area contributed by atoms with Crippen molar-refractivity contribution < 1.29 is 17.9 Å². The van der Waals surface area contributed by atoms with E-state index in [2.05, 4.69) is 11.8 Å². The molecule has 0 radical (unpaired) electrons. The van der Waals surface area contributed by atoms with E-state index in [0.29, 0.717) is 0 Å². The zero-order valence-corrected chi connectivity index (χ0v) is 11.7. The van der Waals surface area contributed by atoms with Gasteiger partial charge in [0.05, 0.1) is 12.1 Å². The molecule has 0 aliphatic carbocycles. The molecular formula is C15H12F3NOS. The number of alkyl halides is 3. The molecule has 6 heteroatoms. The number of hydrogen-bond acceptors (Lipinski definition) is 3. The van der Waals surface area contributed by atoms with Crippen LogP contribution in [0.3, 0.4) is 0 Å². The highest BCUT2D eigenvalue weighted by molar-refractivity contribution is 7.10. The molecule has 0 aliphatic heterocycles. The molecule has 0 fully saturated rings. The van der Waals surface area contributed by atoms with Crippen LogP contribution in [-0.2, 0) is 12.8 Å². The normalized spacial score (nSPS) is 10.9. The van der Waals surface area contributed by atoms with E-state index in [-0.39, 0.29) is 18.9 Å². The van der Waals surface area contributed by atoms with Crippen molar-refractivity contribution in [3.05, 3.63) is 51.7 Å². The van der Waals surface area contributed by atoms with Gasteiger partial charge in [0.2, 0.25) is 0 Å². The van der Waals surface area contributed by atoms with Gasteiger partial charge in [-0.15, -0.1) is 11.3 Å². The van der Waals surface area contributed by atoms with Gasteiger partial charge in [-0.05, 0) is 18.2 Å². The zero-order chi connectivity index (χ0) is 15.3. The molecule has 0 aliphatic rings. The second-order valence-corrected chi connectivity index (χ2v) is 5.09. The lowest BCUT2D eigenvalue weighted by molar-refractivity contribution is -0.139. The van der Waals surface area contributed by atoms with Crippen LogP contribution in [0.1, 0.15) is 16.0 Å². The highest BCUT2D eigenvalue weighted by atomic mass is 32.1. The van der Waals surface area contributed by atoms with E-state index in [1.54, 1.807) is 6.07 Å². The summed E-state index contributed by atoms with van der Waals surface area (Å²) in [5, 5.41) is 1.82. The fourth-order valence-electron chi connectivity index (χ4n) is 1.65. The molecule has 0 atom stereocenters. The predicted octanol–water partition coefficient (Wildman–Crippen LogP) is 3.66. The smallest absolute Gasteiger partial charge is 0.419 e. The average molecular weight is 311 g/mol. The number of thiophene rings is 1. The average Bonchev–Trinajstić information content (AvgIpc) is 2.90. The van der Waals surface area contributed by atoms with E-state index in [4.69, 9.17) is 10.5 Å². The molecule has 1 aromatic heterocycles. The van der Waals surface area contributed by atoms with Gasteiger partial charge < -0.3 is 10.5 Å². The van der Waals surface area contributed by atoms with Crippen molar-refractivity contribution in [1.29, 1.82) is 0 Å². The highest BCUT2D eigenvalue weighted by Crippen LogP contribution is 2.36. The maximum atomic E-state index is 12.8. The van der Waals surface area contributed by atoms with Gasteiger partial charge in [0.25, 0.3) is 0 Å². The predicted molar refractivity (Wildman–Crippen MR) is 76.0 cm³/mol. The van der Waals surface area contributed by atoms with Crippen LogP contribution < -0.4 is 10.5 Å². The Kier molecular flexibility index (Phi) is 4.89. The lowest BCUT2D eigenvalue weighted by atomic mass is 10.2. The van der Waals surface area contributed by atoms with Crippen LogP contribution in [0.2, 0.25) is 0 Å². The number of ether oxygens (including phenoxy) is 1. The summed E-state index contributed by atoms with van der Waals surface area (Å²) < 4.78 is 43.7. The maximum Gasteiger partial charge on any atom is 0.419 e. The minimum absolute atomic E-state index is 0.0715. The third kappa shape index (κ3) is 4.25. The van der Waals surface area contributed by atoms with Gasteiger partial charge in [0, 0.05) is 15.8 Å². The molecule has 21 heavy (non-hydrogen) atoms. The summed E-state index contributed by atoms with van der Waals surface area (Å²) in [5.74, 6) is 5.40. The van der Waals surface area contributed by atoms with Crippen molar-refractivity contribution in [3.8, 4) is 17.6 Å². The SMILES string of the molecule is NCC#Cc1csc(COc2ccccc2C(F)(F)F)c1. The molecule has 2 rings (SSSR count). The van der Waals surface area contributed by atoms with Crippen LogP contribution >= 0.6 is 11.3 Å². The molecule has 2 nitrogen and oxygen atoms in total. The van der Waals surface area contributed by atoms with Gasteiger partial charge in [-0.25, -0.2) is 0 Å². The molecule has 0 saturated heterocycles. The molecule has 0 unspecified atom stereocenters. The van der Waals surface area contributed by atoms with Crippen LogP contribution in [0, 0.1) is 11.8 Å². The number of hydrogen-bond donors (Lipinski definition) is 1. The first-order valence-electron chi connectivity index (χ1n) is 6.06. The fourth-order valence-corrected chi connectivity index (χ4v) is 2.38. The third-order valence-corrected chi connectivity index (χ3v) is 3.46. The highest BCUT2D eigenvalue weighted by Gasteiger charge is 2.33. The number of nitrogens with two attached hydrogens (primary N) is 1. The van der Waals surface area contributed by atoms with E-state index >= 15 is 0 Å². The first-order valence-corrected chi connectivity index (χ1v) is 6.94. The summed E-state index contributed by atoms with van der Waals surface area (Å²) in [6, 6.07) is 6.94. The van der Waals surface area contributed by atoms with Crippen molar-refractivity contribution >= 4 is 11.3 Å². The molecular weight excluding hydrogens is 299 g/mol.